The monoisotopic (exact) mass is 254 g/mol. The van der Waals surface area contributed by atoms with Gasteiger partial charge in [0, 0.05) is 6.04 Å². The van der Waals surface area contributed by atoms with Crippen LogP contribution in [-0.4, -0.2) is 49.2 Å². The van der Waals surface area contributed by atoms with Gasteiger partial charge in [-0.1, -0.05) is 13.3 Å². The summed E-state index contributed by atoms with van der Waals surface area (Å²) in [5, 5.41) is 3.38. The highest BCUT2D eigenvalue weighted by Gasteiger charge is 2.36. The van der Waals surface area contributed by atoms with Crippen LogP contribution in [0.5, 0.6) is 0 Å². The van der Waals surface area contributed by atoms with Gasteiger partial charge in [-0.3, -0.25) is 9.69 Å². The lowest BCUT2D eigenvalue weighted by molar-refractivity contribution is -0.150. The highest BCUT2D eigenvalue weighted by molar-refractivity contribution is 5.76. The Hall–Kier alpha value is -0.610. The van der Waals surface area contributed by atoms with Crippen molar-refractivity contribution in [2.75, 3.05) is 26.2 Å². The largest absolute Gasteiger partial charge is 0.465 e. The second-order valence-corrected chi connectivity index (χ2v) is 5.40. The third-order valence-electron chi connectivity index (χ3n) is 4.09. The molecule has 4 heteroatoms. The maximum absolute atomic E-state index is 12.1. The number of unbranched alkanes of at least 4 members (excludes halogenated alkanes) is 1. The molecule has 2 saturated heterocycles. The summed E-state index contributed by atoms with van der Waals surface area (Å²) >= 11 is 0. The van der Waals surface area contributed by atoms with Crippen molar-refractivity contribution in [3.8, 4) is 0 Å². The maximum Gasteiger partial charge on any atom is 0.323 e. The molecule has 2 aliphatic heterocycles. The van der Waals surface area contributed by atoms with Gasteiger partial charge in [0.2, 0.25) is 0 Å². The molecule has 0 amide bonds. The average Bonchev–Trinajstić information content (AvgIpc) is 2.89. The van der Waals surface area contributed by atoms with E-state index in [1.165, 1.54) is 12.8 Å². The second-order valence-electron chi connectivity index (χ2n) is 5.40. The summed E-state index contributed by atoms with van der Waals surface area (Å²) in [7, 11) is 0. The predicted molar refractivity (Wildman–Crippen MR) is 71.5 cm³/mol. The zero-order chi connectivity index (χ0) is 12.8. The highest BCUT2D eigenvalue weighted by Crippen LogP contribution is 2.25. The molecule has 2 heterocycles. The Bertz CT molecular complexity index is 265. The van der Waals surface area contributed by atoms with E-state index in [-0.39, 0.29) is 12.0 Å². The minimum absolute atomic E-state index is 0.0134. The highest BCUT2D eigenvalue weighted by atomic mass is 16.5. The van der Waals surface area contributed by atoms with Crippen LogP contribution in [0.15, 0.2) is 0 Å². The van der Waals surface area contributed by atoms with Gasteiger partial charge in [0.25, 0.3) is 0 Å². The Kier molecular flexibility index (Phi) is 5.45. The summed E-state index contributed by atoms with van der Waals surface area (Å²) in [6.45, 7) is 5.94. The third-order valence-corrected chi connectivity index (χ3v) is 4.09. The standard InChI is InChI=1S/C14H26N2O2/c1-2-3-11-18-14(17)13-5-4-10-16(13)12-6-8-15-9-7-12/h12-13,15H,2-11H2,1H3. The van der Waals surface area contributed by atoms with E-state index in [0.717, 1.165) is 45.3 Å². The summed E-state index contributed by atoms with van der Waals surface area (Å²) < 4.78 is 5.39. The van der Waals surface area contributed by atoms with E-state index in [1.54, 1.807) is 0 Å². The minimum atomic E-state index is 0.0134. The average molecular weight is 254 g/mol. The van der Waals surface area contributed by atoms with Crippen molar-refractivity contribution in [3.63, 3.8) is 0 Å². The number of rotatable bonds is 5. The first kappa shape index (κ1) is 13.8. The first-order valence-electron chi connectivity index (χ1n) is 7.46. The Morgan fingerprint density at radius 3 is 2.83 bits per heavy atom. The van der Waals surface area contributed by atoms with Gasteiger partial charge in [-0.05, 0) is 51.7 Å². The molecular weight excluding hydrogens is 228 g/mol. The summed E-state index contributed by atoms with van der Waals surface area (Å²) in [6.07, 6.45) is 6.51. The predicted octanol–water partition coefficient (Wildman–Crippen LogP) is 1.55. The molecule has 0 saturated carbocycles. The van der Waals surface area contributed by atoms with Gasteiger partial charge in [-0.15, -0.1) is 0 Å². The molecular formula is C14H26N2O2. The summed E-state index contributed by atoms with van der Waals surface area (Å²) in [6, 6.07) is 0.613. The van der Waals surface area contributed by atoms with Crippen molar-refractivity contribution < 1.29 is 9.53 Å². The Morgan fingerprint density at radius 2 is 2.11 bits per heavy atom. The number of likely N-dealkylation sites (tertiary alicyclic amines) is 1. The van der Waals surface area contributed by atoms with Crippen LogP contribution >= 0.6 is 0 Å². The number of nitrogens with one attached hydrogen (secondary N) is 1. The zero-order valence-electron chi connectivity index (χ0n) is 11.5. The third kappa shape index (κ3) is 3.45. The van der Waals surface area contributed by atoms with E-state index in [4.69, 9.17) is 4.74 Å². The molecule has 0 aromatic carbocycles. The lowest BCUT2D eigenvalue weighted by Gasteiger charge is -2.34. The van der Waals surface area contributed by atoms with Crippen molar-refractivity contribution in [1.29, 1.82) is 0 Å². The van der Waals surface area contributed by atoms with Crippen LogP contribution < -0.4 is 5.32 Å². The van der Waals surface area contributed by atoms with E-state index >= 15 is 0 Å². The zero-order valence-corrected chi connectivity index (χ0v) is 11.5. The molecule has 0 aliphatic carbocycles. The van der Waals surface area contributed by atoms with E-state index < -0.39 is 0 Å². The van der Waals surface area contributed by atoms with Gasteiger partial charge in [-0.25, -0.2) is 0 Å². The first-order chi connectivity index (χ1) is 8.83. The fourth-order valence-corrected chi connectivity index (χ4v) is 3.03. The van der Waals surface area contributed by atoms with Crippen LogP contribution in [0.25, 0.3) is 0 Å². The molecule has 1 N–H and O–H groups in total. The summed E-state index contributed by atoms with van der Waals surface area (Å²) in [5.41, 5.74) is 0. The fraction of sp³-hybridized carbons (Fsp3) is 0.929. The van der Waals surface area contributed by atoms with Crippen LogP contribution in [0.1, 0.15) is 45.4 Å². The molecule has 2 aliphatic rings. The SMILES string of the molecule is CCCCOC(=O)C1CCCN1C1CCNCC1. The first-order valence-corrected chi connectivity index (χ1v) is 7.46. The molecule has 0 aromatic rings. The van der Waals surface area contributed by atoms with E-state index in [1.807, 2.05) is 0 Å². The molecule has 2 rings (SSSR count). The maximum atomic E-state index is 12.1. The lowest BCUT2D eigenvalue weighted by Crippen LogP contribution is -2.48. The molecule has 0 spiro atoms. The van der Waals surface area contributed by atoms with Crippen LogP contribution in [0.2, 0.25) is 0 Å². The van der Waals surface area contributed by atoms with Gasteiger partial charge in [-0.2, -0.15) is 0 Å². The van der Waals surface area contributed by atoms with Crippen molar-refractivity contribution in [3.05, 3.63) is 0 Å². The van der Waals surface area contributed by atoms with E-state index in [9.17, 15) is 4.79 Å². The van der Waals surface area contributed by atoms with Gasteiger partial charge >= 0.3 is 5.97 Å². The van der Waals surface area contributed by atoms with Crippen LogP contribution in [0.4, 0.5) is 0 Å². The fourth-order valence-electron chi connectivity index (χ4n) is 3.03. The second kappa shape index (κ2) is 7.10. The Labute approximate surface area is 110 Å². The normalized spacial score (nSPS) is 26.4. The van der Waals surface area contributed by atoms with Crippen molar-refractivity contribution in [2.45, 2.75) is 57.5 Å². The number of carbonyl (C=O) groups excluding carboxylic acids is 1. The molecule has 0 radical (unpaired) electrons. The Balaban J connectivity index is 1.84. The molecule has 0 aromatic heterocycles. The molecule has 18 heavy (non-hydrogen) atoms. The summed E-state index contributed by atoms with van der Waals surface area (Å²) in [4.78, 5) is 14.5. The number of esters is 1. The quantitative estimate of drug-likeness (QED) is 0.597. The van der Waals surface area contributed by atoms with Crippen LogP contribution in [-0.2, 0) is 9.53 Å². The van der Waals surface area contributed by atoms with Crippen molar-refractivity contribution >= 4 is 5.97 Å². The number of piperidine rings is 1. The number of carbonyl (C=O) groups is 1. The smallest absolute Gasteiger partial charge is 0.323 e. The topological polar surface area (TPSA) is 41.6 Å². The van der Waals surface area contributed by atoms with Crippen LogP contribution in [0.3, 0.4) is 0 Å². The number of ether oxygens (including phenoxy) is 1. The van der Waals surface area contributed by atoms with Crippen molar-refractivity contribution in [1.82, 2.24) is 10.2 Å². The summed E-state index contributed by atoms with van der Waals surface area (Å²) in [5.74, 6) is 0.0134. The molecule has 104 valence electrons. The van der Waals surface area contributed by atoms with Gasteiger partial charge in [0.15, 0.2) is 0 Å². The number of hydrogen-bond donors (Lipinski definition) is 1. The van der Waals surface area contributed by atoms with Gasteiger partial charge in [0.1, 0.15) is 6.04 Å². The molecule has 0 bridgehead atoms. The molecule has 2 fully saturated rings. The lowest BCUT2D eigenvalue weighted by atomic mass is 10.0. The van der Waals surface area contributed by atoms with E-state index in [2.05, 4.69) is 17.1 Å². The number of nitrogens with zero attached hydrogens (tertiary/aromatic N) is 1. The minimum Gasteiger partial charge on any atom is -0.465 e. The molecule has 1 atom stereocenters. The molecule has 4 nitrogen and oxygen atoms in total. The van der Waals surface area contributed by atoms with Crippen LogP contribution in [0, 0.1) is 0 Å². The van der Waals surface area contributed by atoms with Crippen molar-refractivity contribution in [2.24, 2.45) is 0 Å². The number of hydrogen-bond acceptors (Lipinski definition) is 4. The Morgan fingerprint density at radius 1 is 1.33 bits per heavy atom. The molecule has 1 unspecified atom stereocenters. The van der Waals surface area contributed by atoms with Gasteiger partial charge < -0.3 is 10.1 Å². The van der Waals surface area contributed by atoms with Gasteiger partial charge in [0.05, 0.1) is 6.61 Å². The van der Waals surface area contributed by atoms with E-state index in [0.29, 0.717) is 12.6 Å².